The Labute approximate surface area is 104 Å². The lowest BCUT2D eigenvalue weighted by Gasteiger charge is -2.09. The first-order valence-corrected chi connectivity index (χ1v) is 5.54. The number of halogens is 1. The number of fused-ring (bicyclic) bond motifs is 1. The van der Waals surface area contributed by atoms with Crippen molar-refractivity contribution in [1.29, 1.82) is 0 Å². The zero-order valence-corrected chi connectivity index (χ0v) is 10.3. The molecule has 0 unspecified atom stereocenters. The molecular formula is C13H12ClNO2. The predicted molar refractivity (Wildman–Crippen MR) is 70.7 cm³/mol. The van der Waals surface area contributed by atoms with Crippen molar-refractivity contribution in [2.75, 3.05) is 0 Å². The summed E-state index contributed by atoms with van der Waals surface area (Å²) in [5, 5.41) is 21.2. The fourth-order valence-corrected chi connectivity index (χ4v) is 1.92. The predicted octanol–water partition coefficient (Wildman–Crippen LogP) is 4.02. The van der Waals surface area contributed by atoms with E-state index in [0.717, 1.165) is 5.71 Å². The summed E-state index contributed by atoms with van der Waals surface area (Å²) in [4.78, 5) is 4.14. The molecule has 0 spiro atoms. The van der Waals surface area contributed by atoms with Crippen molar-refractivity contribution in [2.24, 2.45) is 4.99 Å². The van der Waals surface area contributed by atoms with Crippen LogP contribution in [0.2, 0.25) is 5.02 Å². The van der Waals surface area contributed by atoms with Crippen LogP contribution in [0.25, 0.3) is 10.8 Å². The summed E-state index contributed by atoms with van der Waals surface area (Å²) in [5.41, 5.74) is 0.958. The SMILES string of the molecule is CC(C)=Nc1c(Cl)c(O)c2ccccc2c1O. The van der Waals surface area contributed by atoms with Gasteiger partial charge < -0.3 is 10.2 Å². The van der Waals surface area contributed by atoms with Gasteiger partial charge in [-0.25, -0.2) is 0 Å². The van der Waals surface area contributed by atoms with E-state index >= 15 is 0 Å². The van der Waals surface area contributed by atoms with Crippen LogP contribution in [-0.4, -0.2) is 15.9 Å². The molecular weight excluding hydrogens is 238 g/mol. The van der Waals surface area contributed by atoms with Crippen LogP contribution < -0.4 is 0 Å². The van der Waals surface area contributed by atoms with E-state index in [9.17, 15) is 10.2 Å². The summed E-state index contributed by atoms with van der Waals surface area (Å²) in [6.45, 7) is 3.59. The van der Waals surface area contributed by atoms with E-state index in [0.29, 0.717) is 10.8 Å². The number of hydrogen-bond donors (Lipinski definition) is 2. The Morgan fingerprint density at radius 3 is 2.12 bits per heavy atom. The Morgan fingerprint density at radius 2 is 1.59 bits per heavy atom. The van der Waals surface area contributed by atoms with Gasteiger partial charge in [-0.2, -0.15) is 0 Å². The highest BCUT2D eigenvalue weighted by molar-refractivity contribution is 6.36. The highest BCUT2D eigenvalue weighted by atomic mass is 35.5. The second-order valence-corrected chi connectivity index (χ2v) is 4.34. The molecule has 0 amide bonds. The third-order valence-corrected chi connectivity index (χ3v) is 2.77. The first-order chi connectivity index (χ1) is 8.02. The van der Waals surface area contributed by atoms with Gasteiger partial charge in [0.05, 0.1) is 0 Å². The molecule has 3 nitrogen and oxygen atoms in total. The number of aliphatic imine (C=N–C) groups is 1. The van der Waals surface area contributed by atoms with Crippen LogP contribution in [0.3, 0.4) is 0 Å². The van der Waals surface area contributed by atoms with Crippen molar-refractivity contribution >= 4 is 33.8 Å². The number of benzene rings is 2. The highest BCUT2D eigenvalue weighted by Gasteiger charge is 2.16. The molecule has 0 aliphatic heterocycles. The number of aromatic hydroxyl groups is 2. The third kappa shape index (κ3) is 1.94. The van der Waals surface area contributed by atoms with E-state index in [2.05, 4.69) is 4.99 Å². The Hall–Kier alpha value is -1.74. The molecule has 0 saturated heterocycles. The van der Waals surface area contributed by atoms with Gasteiger partial charge in [0, 0.05) is 16.5 Å². The van der Waals surface area contributed by atoms with E-state index in [1.54, 1.807) is 38.1 Å². The van der Waals surface area contributed by atoms with Crippen molar-refractivity contribution in [3.63, 3.8) is 0 Å². The second-order valence-electron chi connectivity index (χ2n) is 3.96. The normalized spacial score (nSPS) is 10.5. The molecule has 0 aliphatic rings. The Bertz CT molecular complexity index is 616. The molecule has 0 atom stereocenters. The fourth-order valence-electron chi connectivity index (χ4n) is 1.68. The smallest absolute Gasteiger partial charge is 0.150 e. The average molecular weight is 250 g/mol. The topological polar surface area (TPSA) is 52.8 Å². The van der Waals surface area contributed by atoms with Gasteiger partial charge in [-0.05, 0) is 13.8 Å². The zero-order chi connectivity index (χ0) is 12.6. The van der Waals surface area contributed by atoms with Crippen molar-refractivity contribution < 1.29 is 10.2 Å². The highest BCUT2D eigenvalue weighted by Crippen LogP contribution is 2.47. The maximum atomic E-state index is 10.1. The van der Waals surface area contributed by atoms with Crippen LogP contribution in [0.4, 0.5) is 5.69 Å². The van der Waals surface area contributed by atoms with E-state index in [1.807, 2.05) is 0 Å². The van der Waals surface area contributed by atoms with Gasteiger partial charge in [0.25, 0.3) is 0 Å². The maximum Gasteiger partial charge on any atom is 0.150 e. The molecule has 0 aliphatic carbocycles. The molecule has 0 aromatic heterocycles. The average Bonchev–Trinajstić information content (AvgIpc) is 2.31. The lowest BCUT2D eigenvalue weighted by molar-refractivity contribution is 0.471. The summed E-state index contributed by atoms with van der Waals surface area (Å²) in [7, 11) is 0. The van der Waals surface area contributed by atoms with Crippen LogP contribution in [0.5, 0.6) is 11.5 Å². The molecule has 0 heterocycles. The number of nitrogens with zero attached hydrogens (tertiary/aromatic N) is 1. The van der Waals surface area contributed by atoms with Gasteiger partial charge in [0.2, 0.25) is 0 Å². The van der Waals surface area contributed by atoms with Crippen LogP contribution in [0, 0.1) is 0 Å². The summed E-state index contributed by atoms with van der Waals surface area (Å²) >= 11 is 6.00. The molecule has 2 aromatic rings. The van der Waals surface area contributed by atoms with Crippen molar-refractivity contribution in [3.05, 3.63) is 29.3 Å². The first kappa shape index (κ1) is 11.7. The number of rotatable bonds is 1. The number of hydrogen-bond acceptors (Lipinski definition) is 3. The molecule has 2 aromatic carbocycles. The van der Waals surface area contributed by atoms with E-state index < -0.39 is 0 Å². The molecule has 0 radical (unpaired) electrons. The van der Waals surface area contributed by atoms with E-state index in [-0.39, 0.29) is 22.2 Å². The standard InChI is InChI=1S/C13H12ClNO2/c1-7(2)15-11-10(14)12(16)8-5-3-4-6-9(8)13(11)17/h3-6,16-17H,1-2H3. The quantitative estimate of drug-likeness (QED) is 0.592. The van der Waals surface area contributed by atoms with Crippen molar-refractivity contribution in [3.8, 4) is 11.5 Å². The minimum absolute atomic E-state index is 0.00963. The Balaban J connectivity index is 2.91. The van der Waals surface area contributed by atoms with Gasteiger partial charge in [-0.3, -0.25) is 4.99 Å². The monoisotopic (exact) mass is 249 g/mol. The fraction of sp³-hybridized carbons (Fsp3) is 0.154. The lowest BCUT2D eigenvalue weighted by atomic mass is 10.1. The summed E-state index contributed by atoms with van der Waals surface area (Å²) < 4.78 is 0. The van der Waals surface area contributed by atoms with Crippen LogP contribution >= 0.6 is 11.6 Å². The molecule has 17 heavy (non-hydrogen) atoms. The van der Waals surface area contributed by atoms with Crippen LogP contribution in [0.1, 0.15) is 13.8 Å². The van der Waals surface area contributed by atoms with Crippen LogP contribution in [0.15, 0.2) is 29.3 Å². The third-order valence-electron chi connectivity index (χ3n) is 2.41. The maximum absolute atomic E-state index is 10.1. The van der Waals surface area contributed by atoms with E-state index in [4.69, 9.17) is 11.6 Å². The number of phenols is 2. The largest absolute Gasteiger partial charge is 0.506 e. The minimum Gasteiger partial charge on any atom is -0.506 e. The Kier molecular flexibility index (Phi) is 2.94. The molecule has 0 saturated carbocycles. The summed E-state index contributed by atoms with van der Waals surface area (Å²) in [6.07, 6.45) is 0. The summed E-state index contributed by atoms with van der Waals surface area (Å²) in [6, 6.07) is 6.96. The van der Waals surface area contributed by atoms with Crippen LogP contribution in [-0.2, 0) is 0 Å². The number of phenolic OH excluding ortho intramolecular Hbond substituents is 2. The molecule has 88 valence electrons. The van der Waals surface area contributed by atoms with Crippen molar-refractivity contribution in [1.82, 2.24) is 0 Å². The van der Waals surface area contributed by atoms with Gasteiger partial charge in [-0.15, -0.1) is 0 Å². The van der Waals surface area contributed by atoms with E-state index in [1.165, 1.54) is 0 Å². The van der Waals surface area contributed by atoms with Crippen molar-refractivity contribution in [2.45, 2.75) is 13.8 Å². The summed E-state index contributed by atoms with van der Waals surface area (Å²) in [5.74, 6) is -0.0651. The minimum atomic E-state index is -0.0555. The lowest BCUT2D eigenvalue weighted by Crippen LogP contribution is -1.83. The molecule has 0 fully saturated rings. The first-order valence-electron chi connectivity index (χ1n) is 5.16. The van der Waals surface area contributed by atoms with Gasteiger partial charge in [-0.1, -0.05) is 35.9 Å². The van der Waals surface area contributed by atoms with Gasteiger partial charge >= 0.3 is 0 Å². The molecule has 2 rings (SSSR count). The van der Waals surface area contributed by atoms with Gasteiger partial charge in [0.1, 0.15) is 16.5 Å². The molecule has 4 heteroatoms. The molecule has 2 N–H and O–H groups in total. The second kappa shape index (κ2) is 4.26. The van der Waals surface area contributed by atoms with Gasteiger partial charge in [0.15, 0.2) is 5.75 Å². The zero-order valence-electron chi connectivity index (χ0n) is 9.53. The molecule has 0 bridgehead atoms. The Morgan fingerprint density at radius 1 is 1.06 bits per heavy atom.